The van der Waals surface area contributed by atoms with E-state index >= 15 is 0 Å². The number of aromatic hydroxyl groups is 1. The molecule has 2 rings (SSSR count). The van der Waals surface area contributed by atoms with Gasteiger partial charge in [-0.1, -0.05) is 6.07 Å². The topological polar surface area (TPSA) is 90.7 Å². The molecule has 2 aromatic rings. The van der Waals surface area contributed by atoms with Crippen LogP contribution in [0.15, 0.2) is 29.2 Å². The average Bonchev–Trinajstić information content (AvgIpc) is 2.55. The third-order valence-electron chi connectivity index (χ3n) is 3.36. The van der Waals surface area contributed by atoms with Gasteiger partial charge in [-0.2, -0.15) is 5.10 Å². The number of carbonyl (C=O) groups excluding carboxylic acids is 1. The van der Waals surface area contributed by atoms with Crippen molar-refractivity contribution in [2.24, 2.45) is 0 Å². The van der Waals surface area contributed by atoms with Crippen molar-refractivity contribution in [2.45, 2.75) is 19.9 Å². The lowest BCUT2D eigenvalue weighted by Gasteiger charge is -2.11. The molecule has 0 aliphatic carbocycles. The molecule has 7 heteroatoms. The van der Waals surface area contributed by atoms with Crippen LogP contribution in [0.1, 0.15) is 23.0 Å². The van der Waals surface area contributed by atoms with Crippen molar-refractivity contribution in [3.8, 4) is 17.2 Å². The fourth-order valence-electron chi connectivity index (χ4n) is 2.15. The maximum Gasteiger partial charge on any atom is 0.252 e. The number of rotatable bonds is 6. The number of methoxy groups -OCH3 is 2. The predicted molar refractivity (Wildman–Crippen MR) is 83.4 cm³/mol. The second kappa shape index (κ2) is 6.95. The molecule has 0 fully saturated rings. The summed E-state index contributed by atoms with van der Waals surface area (Å²) in [5.74, 6) is 0.280. The smallest absolute Gasteiger partial charge is 0.252 e. The van der Waals surface area contributed by atoms with Crippen molar-refractivity contribution in [1.29, 1.82) is 0 Å². The first kappa shape index (κ1) is 16.5. The molecule has 0 saturated heterocycles. The van der Waals surface area contributed by atoms with E-state index in [0.717, 1.165) is 5.56 Å². The molecule has 23 heavy (non-hydrogen) atoms. The highest BCUT2D eigenvalue weighted by molar-refractivity contribution is 5.92. The Labute approximate surface area is 133 Å². The molecule has 1 aromatic carbocycles. The molecule has 0 radical (unpaired) electrons. The molecule has 7 nitrogen and oxygen atoms in total. The van der Waals surface area contributed by atoms with Crippen molar-refractivity contribution in [3.63, 3.8) is 0 Å². The number of ether oxygens (including phenoxy) is 2. The van der Waals surface area contributed by atoms with Gasteiger partial charge < -0.3 is 14.6 Å². The Morgan fingerprint density at radius 1 is 1.26 bits per heavy atom. The molecule has 0 aliphatic rings. The number of hydrogen-bond acceptors (Lipinski definition) is 6. The van der Waals surface area contributed by atoms with Crippen LogP contribution in [-0.4, -0.2) is 34.9 Å². The molecule has 0 saturated carbocycles. The lowest BCUT2D eigenvalue weighted by atomic mass is 10.1. The highest BCUT2D eigenvalue weighted by Crippen LogP contribution is 2.27. The molecule has 122 valence electrons. The first-order chi connectivity index (χ1) is 11.0. The normalized spacial score (nSPS) is 10.4. The maximum atomic E-state index is 11.6. The number of ketones is 1. The summed E-state index contributed by atoms with van der Waals surface area (Å²) in [6.07, 6.45) is 1.79. The fourth-order valence-corrected chi connectivity index (χ4v) is 2.15. The summed E-state index contributed by atoms with van der Waals surface area (Å²) in [7, 11) is 3.12. The van der Waals surface area contributed by atoms with E-state index in [1.54, 1.807) is 20.3 Å². The van der Waals surface area contributed by atoms with Crippen molar-refractivity contribution in [2.75, 3.05) is 14.2 Å². The lowest BCUT2D eigenvalue weighted by molar-refractivity contribution is 0.100. The van der Waals surface area contributed by atoms with Crippen molar-refractivity contribution in [3.05, 3.63) is 45.9 Å². The predicted octanol–water partition coefficient (Wildman–Crippen LogP) is 1.41. The molecule has 0 aliphatic heterocycles. The summed E-state index contributed by atoms with van der Waals surface area (Å²) in [5.41, 5.74) is -0.0517. The molecular weight excluding hydrogens is 300 g/mol. The van der Waals surface area contributed by atoms with E-state index in [1.165, 1.54) is 17.8 Å². The zero-order valence-electron chi connectivity index (χ0n) is 13.2. The van der Waals surface area contributed by atoms with Crippen molar-refractivity contribution in [1.82, 2.24) is 9.78 Å². The zero-order valence-corrected chi connectivity index (χ0v) is 13.2. The quantitative estimate of drug-likeness (QED) is 0.810. The molecule has 0 amide bonds. The van der Waals surface area contributed by atoms with Crippen LogP contribution in [0, 0.1) is 0 Å². The van der Waals surface area contributed by atoms with Crippen LogP contribution in [0.3, 0.4) is 0 Å². The number of nitrogens with zero attached hydrogens (tertiary/aromatic N) is 2. The van der Waals surface area contributed by atoms with E-state index in [4.69, 9.17) is 9.47 Å². The third-order valence-corrected chi connectivity index (χ3v) is 3.36. The minimum atomic E-state index is -0.750. The number of Topliss-reactive ketones (excluding diaryl/α,β-unsaturated/α-hetero) is 1. The summed E-state index contributed by atoms with van der Waals surface area (Å²) < 4.78 is 11.8. The van der Waals surface area contributed by atoms with Crippen LogP contribution >= 0.6 is 0 Å². The van der Waals surface area contributed by atoms with E-state index in [9.17, 15) is 14.7 Å². The Balaban J connectivity index is 2.21. The van der Waals surface area contributed by atoms with Crippen LogP contribution in [0.2, 0.25) is 0 Å². The van der Waals surface area contributed by atoms with E-state index in [-0.39, 0.29) is 5.69 Å². The van der Waals surface area contributed by atoms with E-state index < -0.39 is 17.0 Å². The van der Waals surface area contributed by atoms with Crippen molar-refractivity contribution < 1.29 is 19.4 Å². The molecule has 0 bridgehead atoms. The van der Waals surface area contributed by atoms with Crippen LogP contribution in [0.4, 0.5) is 0 Å². The molecule has 0 atom stereocenters. The van der Waals surface area contributed by atoms with Gasteiger partial charge in [-0.15, -0.1) is 0 Å². The van der Waals surface area contributed by atoms with Gasteiger partial charge >= 0.3 is 0 Å². The fraction of sp³-hybridized carbons (Fsp3) is 0.312. The summed E-state index contributed by atoms with van der Waals surface area (Å²) in [5, 5.41) is 13.6. The standard InChI is InChI=1S/C16H18N2O5/c1-10(19)15-16(21)12(20)9-18(17-15)7-6-11-4-5-13(22-2)14(8-11)23-3/h4-5,8-9,20H,6-7H2,1-3H3. The van der Waals surface area contributed by atoms with Gasteiger partial charge in [-0.25, -0.2) is 0 Å². The number of aryl methyl sites for hydroxylation is 2. The van der Waals surface area contributed by atoms with Gasteiger partial charge in [0.05, 0.1) is 20.4 Å². The minimum absolute atomic E-state index is 0.266. The minimum Gasteiger partial charge on any atom is -0.503 e. The first-order valence-electron chi connectivity index (χ1n) is 6.98. The summed E-state index contributed by atoms with van der Waals surface area (Å²) >= 11 is 0. The van der Waals surface area contributed by atoms with Gasteiger partial charge in [-0.05, 0) is 24.1 Å². The third kappa shape index (κ3) is 3.68. The molecule has 1 aromatic heterocycles. The van der Waals surface area contributed by atoms with Gasteiger partial charge in [0.15, 0.2) is 28.7 Å². The van der Waals surface area contributed by atoms with Gasteiger partial charge in [-0.3, -0.25) is 14.3 Å². The van der Waals surface area contributed by atoms with Gasteiger partial charge in [0.25, 0.3) is 5.43 Å². The Morgan fingerprint density at radius 2 is 1.96 bits per heavy atom. The monoisotopic (exact) mass is 318 g/mol. The van der Waals surface area contributed by atoms with E-state index in [0.29, 0.717) is 24.5 Å². The highest BCUT2D eigenvalue weighted by Gasteiger charge is 2.13. The molecular formula is C16H18N2O5. The summed E-state index contributed by atoms with van der Waals surface area (Å²) in [6, 6.07) is 5.52. The number of benzene rings is 1. The Hall–Kier alpha value is -2.83. The second-order valence-corrected chi connectivity index (χ2v) is 4.95. The highest BCUT2D eigenvalue weighted by atomic mass is 16.5. The largest absolute Gasteiger partial charge is 0.503 e. The SMILES string of the molecule is COc1ccc(CCn2cc(O)c(=O)c(C(C)=O)n2)cc1OC. The molecule has 0 unspecified atom stereocenters. The second-order valence-electron chi connectivity index (χ2n) is 4.95. The first-order valence-corrected chi connectivity index (χ1v) is 6.98. The van der Waals surface area contributed by atoms with Crippen LogP contribution in [0.25, 0.3) is 0 Å². The molecule has 1 heterocycles. The van der Waals surface area contributed by atoms with Crippen LogP contribution in [0.5, 0.6) is 17.2 Å². The molecule has 0 spiro atoms. The van der Waals surface area contributed by atoms with E-state index in [2.05, 4.69) is 5.10 Å². The van der Waals surface area contributed by atoms with Crippen LogP contribution < -0.4 is 14.9 Å². The van der Waals surface area contributed by atoms with Gasteiger partial charge in [0.1, 0.15) is 0 Å². The number of aromatic nitrogens is 2. The Kier molecular flexibility index (Phi) is 5.00. The Bertz CT molecular complexity index is 783. The maximum absolute atomic E-state index is 11.6. The number of carbonyl (C=O) groups is 1. The van der Waals surface area contributed by atoms with Gasteiger partial charge in [0, 0.05) is 13.5 Å². The number of hydrogen-bond donors (Lipinski definition) is 1. The average molecular weight is 318 g/mol. The lowest BCUT2D eigenvalue weighted by Crippen LogP contribution is -2.21. The summed E-state index contributed by atoms with van der Waals surface area (Å²) in [6.45, 7) is 1.63. The van der Waals surface area contributed by atoms with E-state index in [1.807, 2.05) is 12.1 Å². The zero-order chi connectivity index (χ0) is 17.0. The van der Waals surface area contributed by atoms with Crippen LogP contribution in [-0.2, 0) is 13.0 Å². The Morgan fingerprint density at radius 3 is 2.57 bits per heavy atom. The van der Waals surface area contributed by atoms with Gasteiger partial charge in [0.2, 0.25) is 0 Å². The molecule has 1 N–H and O–H groups in total. The van der Waals surface area contributed by atoms with Crippen molar-refractivity contribution >= 4 is 5.78 Å². The summed E-state index contributed by atoms with van der Waals surface area (Å²) in [4.78, 5) is 23.0.